The third-order valence-electron chi connectivity index (χ3n) is 6.17. The monoisotopic (exact) mass is 600 g/mol. The number of ether oxygens (including phenoxy) is 2. The van der Waals surface area contributed by atoms with Gasteiger partial charge in [-0.3, -0.25) is 9.48 Å². The molecule has 0 bridgehead atoms. The van der Waals surface area contributed by atoms with Gasteiger partial charge in [0.2, 0.25) is 5.69 Å². The lowest BCUT2D eigenvalue weighted by Crippen LogP contribution is -2.22. The molecule has 1 N–H and O–H groups in total. The molecule has 0 saturated heterocycles. The average Bonchev–Trinajstić information content (AvgIpc) is 3.50. The number of rotatable bonds is 11. The van der Waals surface area contributed by atoms with Crippen LogP contribution in [-0.2, 0) is 11.5 Å². The number of carbonyl (C=O) groups is 1. The van der Waals surface area contributed by atoms with Gasteiger partial charge in [-0.15, -0.1) is 8.78 Å². The number of anilines is 1. The first-order chi connectivity index (χ1) is 19.2. The average molecular weight is 601 g/mol. The molecule has 2 heterocycles. The first-order valence-corrected chi connectivity index (χ1v) is 17.0. The number of imidazole rings is 1. The Hall–Kier alpha value is -3.79. The van der Waals surface area contributed by atoms with E-state index in [9.17, 15) is 13.6 Å². The predicted octanol–water partition coefficient (Wildman–Crippen LogP) is 7.76. The molecule has 13 heteroatoms. The summed E-state index contributed by atoms with van der Waals surface area (Å²) in [6, 6.07) is 9.79. The summed E-state index contributed by atoms with van der Waals surface area (Å²) in [5.41, 5.74) is -0.574. The van der Waals surface area contributed by atoms with E-state index in [0.29, 0.717) is 34.8 Å². The van der Waals surface area contributed by atoms with Crippen LogP contribution in [0.25, 0.3) is 27.1 Å². The number of aromatic nitrogens is 4. The van der Waals surface area contributed by atoms with Crippen molar-refractivity contribution in [2.45, 2.75) is 57.9 Å². The SMILES string of the molecule is [C-]#[N+]c1cn(COCC[Si](C)(C)C)nc1-c1cc(C(=O)Nc2ccc(OC(F)(F)Cl)cc2)cc2ncn(C(C)C)c12. The van der Waals surface area contributed by atoms with Crippen LogP contribution in [-0.4, -0.2) is 45.5 Å². The van der Waals surface area contributed by atoms with Crippen molar-refractivity contribution in [2.75, 3.05) is 11.9 Å². The second kappa shape index (κ2) is 12.0. The van der Waals surface area contributed by atoms with Gasteiger partial charge in [0.1, 0.15) is 18.2 Å². The van der Waals surface area contributed by atoms with Crippen molar-refractivity contribution in [3.05, 3.63) is 65.9 Å². The topological polar surface area (TPSA) is 87.6 Å². The molecule has 0 aliphatic heterocycles. The summed E-state index contributed by atoms with van der Waals surface area (Å²) in [5, 5.41) is 7.42. The van der Waals surface area contributed by atoms with Gasteiger partial charge in [-0.1, -0.05) is 19.6 Å². The van der Waals surface area contributed by atoms with E-state index in [1.54, 1.807) is 29.3 Å². The molecule has 0 unspecified atom stereocenters. The van der Waals surface area contributed by atoms with Gasteiger partial charge in [0.05, 0.1) is 23.9 Å². The molecule has 2 aromatic heterocycles. The Balaban J connectivity index is 1.67. The minimum absolute atomic E-state index is 0.0582. The van der Waals surface area contributed by atoms with Gasteiger partial charge in [-0.05, 0) is 56.3 Å². The van der Waals surface area contributed by atoms with E-state index in [1.165, 1.54) is 24.3 Å². The smallest absolute Gasteiger partial charge is 0.420 e. The Morgan fingerprint density at radius 2 is 1.93 bits per heavy atom. The zero-order valence-corrected chi connectivity index (χ0v) is 25.2. The van der Waals surface area contributed by atoms with Gasteiger partial charge >= 0.3 is 5.57 Å². The minimum Gasteiger partial charge on any atom is -0.420 e. The lowest BCUT2D eigenvalue weighted by molar-refractivity contribution is -0.0964. The fourth-order valence-electron chi connectivity index (χ4n) is 4.10. The van der Waals surface area contributed by atoms with E-state index in [0.717, 1.165) is 11.6 Å². The Labute approximate surface area is 242 Å². The van der Waals surface area contributed by atoms with Crippen LogP contribution < -0.4 is 10.1 Å². The Morgan fingerprint density at radius 3 is 2.54 bits per heavy atom. The van der Waals surface area contributed by atoms with Crippen molar-refractivity contribution in [3.8, 4) is 17.0 Å². The summed E-state index contributed by atoms with van der Waals surface area (Å²) in [6.07, 6.45) is 3.33. The molecule has 0 aliphatic carbocycles. The van der Waals surface area contributed by atoms with E-state index in [2.05, 4.69) is 44.6 Å². The maximum atomic E-state index is 13.3. The van der Waals surface area contributed by atoms with Crippen molar-refractivity contribution in [2.24, 2.45) is 0 Å². The highest BCUT2D eigenvalue weighted by atomic mass is 35.5. The zero-order chi connectivity index (χ0) is 29.9. The summed E-state index contributed by atoms with van der Waals surface area (Å²) < 4.78 is 39.5. The van der Waals surface area contributed by atoms with Gasteiger partial charge < -0.3 is 19.4 Å². The summed E-state index contributed by atoms with van der Waals surface area (Å²) in [6.45, 7) is 19.4. The molecule has 0 aliphatic rings. The van der Waals surface area contributed by atoms with Crippen molar-refractivity contribution in [1.82, 2.24) is 19.3 Å². The van der Waals surface area contributed by atoms with E-state index in [4.69, 9.17) is 22.9 Å². The molecule has 0 spiro atoms. The summed E-state index contributed by atoms with van der Waals surface area (Å²) in [5.74, 6) is -0.611. The highest BCUT2D eigenvalue weighted by Crippen LogP contribution is 2.36. The molecule has 0 fully saturated rings. The molecular weight excluding hydrogens is 570 g/mol. The lowest BCUT2D eigenvalue weighted by Gasteiger charge is -2.15. The van der Waals surface area contributed by atoms with E-state index >= 15 is 0 Å². The van der Waals surface area contributed by atoms with Crippen LogP contribution in [0.5, 0.6) is 5.75 Å². The fourth-order valence-corrected chi connectivity index (χ4v) is 4.95. The highest BCUT2D eigenvalue weighted by Gasteiger charge is 2.27. The quantitative estimate of drug-likeness (QED) is 0.0822. The molecule has 2 aromatic carbocycles. The summed E-state index contributed by atoms with van der Waals surface area (Å²) in [7, 11) is -1.25. The predicted molar refractivity (Wildman–Crippen MR) is 158 cm³/mol. The molecule has 0 saturated carbocycles. The number of hydrogen-bond donors (Lipinski definition) is 1. The van der Waals surface area contributed by atoms with Crippen molar-refractivity contribution in [1.29, 1.82) is 0 Å². The first kappa shape index (κ1) is 30.2. The summed E-state index contributed by atoms with van der Waals surface area (Å²) >= 11 is 4.81. The van der Waals surface area contributed by atoms with Crippen LogP contribution in [0.4, 0.5) is 20.2 Å². The van der Waals surface area contributed by atoms with Crippen molar-refractivity contribution >= 4 is 48.0 Å². The molecular formula is C28H31ClF2N6O3Si. The Morgan fingerprint density at radius 1 is 1.22 bits per heavy atom. The number of fused-ring (bicyclic) bond motifs is 1. The van der Waals surface area contributed by atoms with Crippen molar-refractivity contribution < 1.29 is 23.0 Å². The van der Waals surface area contributed by atoms with Crippen LogP contribution in [0.1, 0.15) is 30.2 Å². The molecule has 41 heavy (non-hydrogen) atoms. The molecule has 1 amide bonds. The van der Waals surface area contributed by atoms with Gasteiger partial charge in [0.15, 0.2) is 0 Å². The number of nitrogens with zero attached hydrogens (tertiary/aromatic N) is 5. The normalized spacial score (nSPS) is 12.1. The van der Waals surface area contributed by atoms with Gasteiger partial charge in [0, 0.05) is 55.3 Å². The van der Waals surface area contributed by atoms with Crippen LogP contribution >= 0.6 is 11.6 Å². The number of halogens is 3. The Bertz CT molecular complexity index is 1580. The van der Waals surface area contributed by atoms with E-state index < -0.39 is 19.5 Å². The number of amides is 1. The minimum atomic E-state index is -3.84. The molecule has 4 aromatic rings. The molecule has 0 atom stereocenters. The first-order valence-electron chi connectivity index (χ1n) is 12.9. The number of hydrogen-bond acceptors (Lipinski definition) is 5. The zero-order valence-electron chi connectivity index (χ0n) is 23.4. The van der Waals surface area contributed by atoms with Gasteiger partial charge in [0.25, 0.3) is 5.91 Å². The van der Waals surface area contributed by atoms with Crippen LogP contribution in [0.3, 0.4) is 0 Å². The van der Waals surface area contributed by atoms with Crippen molar-refractivity contribution in [3.63, 3.8) is 0 Å². The van der Waals surface area contributed by atoms with E-state index in [1.807, 2.05) is 18.4 Å². The number of benzene rings is 2. The fraction of sp³-hybridized carbons (Fsp3) is 0.357. The number of nitrogens with one attached hydrogen (secondary N) is 1. The third-order valence-corrected chi connectivity index (χ3v) is 7.95. The molecule has 0 radical (unpaired) electrons. The molecule has 9 nitrogen and oxygen atoms in total. The second-order valence-corrected chi connectivity index (χ2v) is 17.1. The standard InChI is InChI=1S/C28H31ClF2N6O3Si/c1-18(2)37-16-33-23-14-19(27(38)34-20-7-9-21(10-8-20)40-28(29,30)31)13-22(26(23)37)25-24(32-3)15-36(35-25)17-39-11-12-41(4,5)6/h7-10,13-16,18H,11-12,17H2,1-2,4-6H3,(H,34,38). The van der Waals surface area contributed by atoms with Gasteiger partial charge in [-0.2, -0.15) is 5.10 Å². The molecule has 216 valence electrons. The van der Waals surface area contributed by atoms with Crippen LogP contribution in [0, 0.1) is 6.57 Å². The Kier molecular flexibility index (Phi) is 8.82. The molecule has 4 rings (SSSR count). The summed E-state index contributed by atoms with van der Waals surface area (Å²) in [4.78, 5) is 21.5. The lowest BCUT2D eigenvalue weighted by atomic mass is 10.0. The largest absolute Gasteiger partial charge is 0.487 e. The maximum absolute atomic E-state index is 13.3. The number of alkyl halides is 3. The van der Waals surface area contributed by atoms with Crippen LogP contribution in [0.15, 0.2) is 48.9 Å². The highest BCUT2D eigenvalue weighted by molar-refractivity contribution is 6.76. The van der Waals surface area contributed by atoms with Gasteiger partial charge in [-0.25, -0.2) is 9.83 Å². The number of carbonyl (C=O) groups excluding carboxylic acids is 1. The second-order valence-electron chi connectivity index (χ2n) is 11.0. The third kappa shape index (κ3) is 7.69. The van der Waals surface area contributed by atoms with Crippen LogP contribution in [0.2, 0.25) is 25.7 Å². The van der Waals surface area contributed by atoms with E-state index in [-0.39, 0.29) is 24.1 Å². The maximum Gasteiger partial charge on any atom is 0.487 e.